The van der Waals surface area contributed by atoms with E-state index in [9.17, 15) is 0 Å². The summed E-state index contributed by atoms with van der Waals surface area (Å²) in [6.07, 6.45) is 0. The van der Waals surface area contributed by atoms with E-state index < -0.39 is 0 Å². The van der Waals surface area contributed by atoms with E-state index in [1.807, 2.05) is 66.7 Å². The number of aryl methyl sites for hydroxylation is 1. The Morgan fingerprint density at radius 3 is 2.04 bits per heavy atom. The van der Waals surface area contributed by atoms with Crippen molar-refractivity contribution < 1.29 is 8.83 Å². The SMILES string of the molecule is Cc1cccc2c1c1ccccc1n2-c1nc(-c2ccccc2)nc(-c2ccc3c(c2)oc2cccc(-c4cccc5c4oc4ccccc45)c23)n1. The van der Waals surface area contributed by atoms with E-state index in [1.165, 1.54) is 10.9 Å². The molecular formula is C46H28N4O2. The molecule has 6 nitrogen and oxygen atoms in total. The molecule has 7 aromatic carbocycles. The van der Waals surface area contributed by atoms with Gasteiger partial charge in [0.25, 0.3) is 0 Å². The topological polar surface area (TPSA) is 69.9 Å². The molecule has 52 heavy (non-hydrogen) atoms. The average molecular weight is 669 g/mol. The first-order chi connectivity index (χ1) is 25.7. The van der Waals surface area contributed by atoms with Gasteiger partial charge in [-0.05, 0) is 54.4 Å². The lowest BCUT2D eigenvalue weighted by atomic mass is 9.97. The van der Waals surface area contributed by atoms with Crippen LogP contribution >= 0.6 is 0 Å². The van der Waals surface area contributed by atoms with Gasteiger partial charge in [-0.2, -0.15) is 9.97 Å². The molecule has 0 saturated carbocycles. The maximum atomic E-state index is 6.59. The van der Waals surface area contributed by atoms with Crippen LogP contribution in [0.4, 0.5) is 0 Å². The molecule has 11 rings (SSSR count). The second-order valence-corrected chi connectivity index (χ2v) is 13.2. The van der Waals surface area contributed by atoms with Gasteiger partial charge in [0.2, 0.25) is 5.95 Å². The van der Waals surface area contributed by atoms with Gasteiger partial charge in [-0.15, -0.1) is 0 Å². The van der Waals surface area contributed by atoms with Crippen molar-refractivity contribution >= 4 is 65.7 Å². The van der Waals surface area contributed by atoms with Gasteiger partial charge in [-0.1, -0.05) is 115 Å². The minimum Gasteiger partial charge on any atom is -0.456 e. The molecule has 0 aliphatic carbocycles. The zero-order chi connectivity index (χ0) is 34.3. The summed E-state index contributed by atoms with van der Waals surface area (Å²) in [6, 6.07) is 51.9. The van der Waals surface area contributed by atoms with Crippen LogP contribution < -0.4 is 0 Å². The zero-order valence-corrected chi connectivity index (χ0v) is 28.0. The Hall–Kier alpha value is -7.05. The number of furan rings is 2. The molecule has 0 fully saturated rings. The minimum absolute atomic E-state index is 0.562. The summed E-state index contributed by atoms with van der Waals surface area (Å²) in [6.45, 7) is 2.15. The van der Waals surface area contributed by atoms with Gasteiger partial charge < -0.3 is 8.83 Å². The molecule has 0 aliphatic heterocycles. The van der Waals surface area contributed by atoms with Gasteiger partial charge in [-0.25, -0.2) is 4.98 Å². The lowest BCUT2D eigenvalue weighted by Crippen LogP contribution is -2.06. The van der Waals surface area contributed by atoms with Gasteiger partial charge in [0.15, 0.2) is 11.6 Å². The van der Waals surface area contributed by atoms with E-state index in [2.05, 4.69) is 96.4 Å². The van der Waals surface area contributed by atoms with Crippen LogP contribution in [0.1, 0.15) is 5.56 Å². The van der Waals surface area contributed by atoms with E-state index in [4.69, 9.17) is 23.8 Å². The van der Waals surface area contributed by atoms with Crippen molar-refractivity contribution in [1.29, 1.82) is 0 Å². The van der Waals surface area contributed by atoms with E-state index in [0.717, 1.165) is 82.6 Å². The summed E-state index contributed by atoms with van der Waals surface area (Å²) < 4.78 is 15.2. The summed E-state index contributed by atoms with van der Waals surface area (Å²) in [5, 5.41) is 6.61. The monoisotopic (exact) mass is 668 g/mol. The molecule has 244 valence electrons. The molecule has 0 bridgehead atoms. The van der Waals surface area contributed by atoms with E-state index >= 15 is 0 Å². The van der Waals surface area contributed by atoms with Gasteiger partial charge in [0, 0.05) is 49.0 Å². The lowest BCUT2D eigenvalue weighted by Gasteiger charge is -2.11. The Morgan fingerprint density at radius 1 is 0.442 bits per heavy atom. The third-order valence-corrected chi connectivity index (χ3v) is 10.2. The summed E-state index contributed by atoms with van der Waals surface area (Å²) in [4.78, 5) is 15.3. The molecule has 0 amide bonds. The largest absolute Gasteiger partial charge is 0.456 e. The average Bonchev–Trinajstić information content (AvgIpc) is 3.88. The number of hydrogen-bond acceptors (Lipinski definition) is 5. The number of fused-ring (bicyclic) bond motifs is 9. The van der Waals surface area contributed by atoms with Crippen LogP contribution in [0.15, 0.2) is 160 Å². The molecule has 0 unspecified atom stereocenters. The highest BCUT2D eigenvalue weighted by molar-refractivity contribution is 6.17. The first-order valence-corrected chi connectivity index (χ1v) is 17.4. The van der Waals surface area contributed by atoms with Gasteiger partial charge in [-0.3, -0.25) is 4.57 Å². The Bertz CT molecular complexity index is 3210. The standard InChI is InChI=1S/C46H28N4O2/c1-27-12-9-21-37-41(27)34-16-5-7-20-36(34)50(37)46-48-44(28-13-3-2-4-14-28)47-45(49-46)29-24-25-35-40(26-29)51-39-23-11-17-31(42(35)39)33-19-10-18-32-30-15-6-8-22-38(30)52-43(32)33/h2-26H,1H3. The molecule has 0 aliphatic rings. The maximum absolute atomic E-state index is 6.59. The molecule has 0 saturated heterocycles. The fourth-order valence-electron chi connectivity index (χ4n) is 7.87. The van der Waals surface area contributed by atoms with Gasteiger partial charge in [0.1, 0.15) is 22.3 Å². The Morgan fingerprint density at radius 2 is 1.13 bits per heavy atom. The maximum Gasteiger partial charge on any atom is 0.238 e. The predicted octanol–water partition coefficient (Wildman–Crippen LogP) is 12.1. The van der Waals surface area contributed by atoms with E-state index in [1.54, 1.807) is 0 Å². The summed E-state index contributed by atoms with van der Waals surface area (Å²) >= 11 is 0. The number of aromatic nitrogens is 4. The molecule has 0 atom stereocenters. The van der Waals surface area contributed by atoms with Crippen LogP contribution in [0, 0.1) is 6.92 Å². The van der Waals surface area contributed by atoms with E-state index in [-0.39, 0.29) is 0 Å². The second-order valence-electron chi connectivity index (χ2n) is 13.2. The van der Waals surface area contributed by atoms with Gasteiger partial charge in [0.05, 0.1) is 11.0 Å². The first-order valence-electron chi connectivity index (χ1n) is 17.4. The van der Waals surface area contributed by atoms with Crippen molar-refractivity contribution in [3.05, 3.63) is 157 Å². The van der Waals surface area contributed by atoms with Gasteiger partial charge >= 0.3 is 0 Å². The highest BCUT2D eigenvalue weighted by atomic mass is 16.3. The van der Waals surface area contributed by atoms with Crippen LogP contribution in [0.5, 0.6) is 0 Å². The summed E-state index contributed by atoms with van der Waals surface area (Å²) in [7, 11) is 0. The van der Waals surface area contributed by atoms with E-state index in [0.29, 0.717) is 17.6 Å². The number of hydrogen-bond donors (Lipinski definition) is 0. The summed E-state index contributed by atoms with van der Waals surface area (Å²) in [5.74, 6) is 1.73. The molecule has 4 heterocycles. The molecule has 0 radical (unpaired) electrons. The third kappa shape index (κ3) is 4.21. The molecule has 4 aromatic heterocycles. The van der Waals surface area contributed by atoms with Crippen LogP contribution in [0.2, 0.25) is 0 Å². The number of benzene rings is 7. The Balaban J connectivity index is 1.12. The van der Waals surface area contributed by atoms with Crippen molar-refractivity contribution in [2.45, 2.75) is 6.92 Å². The first kappa shape index (κ1) is 28.8. The highest BCUT2D eigenvalue weighted by Gasteiger charge is 2.21. The number of rotatable bonds is 4. The van der Waals surface area contributed by atoms with Crippen LogP contribution in [-0.4, -0.2) is 19.5 Å². The second kappa shape index (κ2) is 11.0. The molecular weight excluding hydrogens is 641 g/mol. The van der Waals surface area contributed by atoms with Crippen molar-refractivity contribution in [3.8, 4) is 39.9 Å². The highest BCUT2D eigenvalue weighted by Crippen LogP contribution is 2.42. The Kier molecular flexibility index (Phi) is 6.07. The van der Waals surface area contributed by atoms with Crippen LogP contribution in [-0.2, 0) is 0 Å². The predicted molar refractivity (Wildman–Crippen MR) is 210 cm³/mol. The third-order valence-electron chi connectivity index (χ3n) is 10.2. The number of nitrogens with zero attached hydrogens (tertiary/aromatic N) is 4. The van der Waals surface area contributed by atoms with Crippen LogP contribution in [0.25, 0.3) is 106 Å². The van der Waals surface area contributed by atoms with Crippen molar-refractivity contribution in [2.75, 3.05) is 0 Å². The van der Waals surface area contributed by atoms with Crippen molar-refractivity contribution in [2.24, 2.45) is 0 Å². The molecule has 0 spiro atoms. The number of para-hydroxylation sites is 3. The van der Waals surface area contributed by atoms with Crippen LogP contribution in [0.3, 0.4) is 0 Å². The minimum atomic E-state index is 0.562. The quantitative estimate of drug-likeness (QED) is 0.187. The normalized spacial score (nSPS) is 11.9. The smallest absolute Gasteiger partial charge is 0.238 e. The fraction of sp³-hybridized carbons (Fsp3) is 0.0217. The molecule has 6 heteroatoms. The van der Waals surface area contributed by atoms with Crippen molar-refractivity contribution in [3.63, 3.8) is 0 Å². The van der Waals surface area contributed by atoms with Crippen molar-refractivity contribution in [1.82, 2.24) is 19.5 Å². The molecule has 11 aromatic rings. The fourth-order valence-corrected chi connectivity index (χ4v) is 7.87. The summed E-state index contributed by atoms with van der Waals surface area (Å²) in [5.41, 5.74) is 10.5. The Labute approximate surface area is 297 Å². The zero-order valence-electron chi connectivity index (χ0n) is 28.0. The lowest BCUT2D eigenvalue weighted by molar-refractivity contribution is 0.669. The molecule has 0 N–H and O–H groups in total.